The fourth-order valence-corrected chi connectivity index (χ4v) is 2.81. The van der Waals surface area contributed by atoms with E-state index < -0.39 is 0 Å². The van der Waals surface area contributed by atoms with Crippen LogP contribution in [0.1, 0.15) is 13.8 Å². The van der Waals surface area contributed by atoms with Gasteiger partial charge < -0.3 is 0 Å². The summed E-state index contributed by atoms with van der Waals surface area (Å²) >= 11 is 0. The van der Waals surface area contributed by atoms with Crippen molar-refractivity contribution in [2.45, 2.75) is 13.8 Å². The highest BCUT2D eigenvalue weighted by Gasteiger charge is 1.66. The van der Waals surface area contributed by atoms with Crippen molar-refractivity contribution in [3.05, 3.63) is 0 Å². The molecule has 0 atom stereocenters. The van der Waals surface area contributed by atoms with Gasteiger partial charge in [-0.2, -0.15) is 0 Å². The zero-order valence-electron chi connectivity index (χ0n) is 47.0. The van der Waals surface area contributed by atoms with E-state index in [9.17, 15) is 0 Å². The normalized spacial score (nSPS) is 3.98. The van der Waals surface area contributed by atoms with Gasteiger partial charge in [-0.15, -0.1) is 0 Å². The molecule has 0 rings (SSSR count). The van der Waals surface area contributed by atoms with Crippen molar-refractivity contribution in [2.75, 3.05) is 0 Å². The highest BCUT2D eigenvalue weighted by molar-refractivity contribution is 5.55. The predicted molar refractivity (Wildman–Crippen MR) is 361 cm³/mol. The molecule has 0 saturated heterocycles. The lowest BCUT2D eigenvalue weighted by Crippen LogP contribution is -1.57. The van der Waals surface area contributed by atoms with Crippen LogP contribution in [0.25, 0.3) is 0 Å². The van der Waals surface area contributed by atoms with Crippen molar-refractivity contribution in [1.29, 1.82) is 0 Å². The number of rotatable bonds is 0. The summed E-state index contributed by atoms with van der Waals surface area (Å²) in [4.78, 5) is 0. The van der Waals surface area contributed by atoms with E-state index in [-0.39, 0.29) is 0 Å². The van der Waals surface area contributed by atoms with E-state index >= 15 is 0 Å². The molecule has 0 bridgehead atoms. The minimum Gasteiger partial charge on any atom is -0.0925 e. The average Bonchev–Trinajstić information content (AvgIpc) is 3.57. The van der Waals surface area contributed by atoms with E-state index in [4.69, 9.17) is 0 Å². The molecule has 0 saturated carbocycles. The maximum Gasteiger partial charge on any atom is 0 e. The third-order valence-electron chi connectivity index (χ3n) is 5.69. The zero-order chi connectivity index (χ0) is 65.6. The molecule has 0 aromatic carbocycles. The van der Waals surface area contributed by atoms with Crippen LogP contribution in [0.3, 0.4) is 0 Å². The molecule has 0 amide bonds. The summed E-state index contributed by atoms with van der Waals surface area (Å²) in [5.74, 6) is 226. The summed E-state index contributed by atoms with van der Waals surface area (Å²) in [5.41, 5.74) is 0. The standard InChI is InChI=1S/C92H6/c1-3-5-7-9-11-13-15-17-19-21-23-25-27-29-31-33-35-37-39-41-43-45-47-49-51-53-55-57-59-61-63-65-67-69-71-73-75-77-79-81-83-85-87-89-91-92-90-88-86-84-82-80-78-76-74-72-70-68-66-64-62-60-58-56-54-52-50-48-46-44-42-40-38-36-34-32-30-28-26-24-22-20-18-16-14-12-10-8-6-4-2/h1-2H3. The van der Waals surface area contributed by atoms with Crippen LogP contribution in [0.4, 0.5) is 0 Å². The summed E-state index contributed by atoms with van der Waals surface area (Å²) in [7, 11) is 0. The first-order valence-corrected chi connectivity index (χ1v) is 23.2. The van der Waals surface area contributed by atoms with Crippen molar-refractivity contribution < 1.29 is 0 Å². The molecule has 0 nitrogen and oxygen atoms in total. The Morgan fingerprint density at radius 3 is 0.120 bits per heavy atom. The Balaban J connectivity index is 4.63. The second kappa shape index (κ2) is 71.2. The lowest BCUT2D eigenvalue weighted by molar-refractivity contribution is 1.92. The molecule has 0 aromatic rings. The molecule has 0 radical (unpaired) electrons. The molecule has 0 fully saturated rings. The van der Waals surface area contributed by atoms with Gasteiger partial charge in [-0.1, -0.05) is 11.8 Å². The van der Waals surface area contributed by atoms with Crippen LogP contribution in [0, 0.1) is 533 Å². The molecule has 0 aromatic heterocycles. The maximum absolute atomic E-state index is 2.63. The van der Waals surface area contributed by atoms with Gasteiger partial charge in [-0.05, 0) is 109 Å². The molecule has 0 heteroatoms. The van der Waals surface area contributed by atoms with Gasteiger partial charge in [0.05, 0.1) is 0 Å². The summed E-state index contributed by atoms with van der Waals surface area (Å²) < 4.78 is 0. The van der Waals surface area contributed by atoms with Crippen LogP contribution in [-0.2, 0) is 0 Å². The van der Waals surface area contributed by atoms with Crippen molar-refractivity contribution in [2.24, 2.45) is 0 Å². The minimum absolute atomic E-state index is 1.68. The minimum atomic E-state index is 1.68. The van der Waals surface area contributed by atoms with Crippen molar-refractivity contribution in [3.63, 3.8) is 0 Å². The first kappa shape index (κ1) is 72.2. The van der Waals surface area contributed by atoms with Crippen molar-refractivity contribution in [3.8, 4) is 533 Å². The Labute approximate surface area is 543 Å². The first-order chi connectivity index (χ1) is 45.9. The third-order valence-corrected chi connectivity index (χ3v) is 5.69. The highest BCUT2D eigenvalue weighted by atomic mass is 13.7. The van der Waals surface area contributed by atoms with E-state index in [2.05, 4.69) is 533 Å². The smallest absolute Gasteiger partial charge is 0 e. The van der Waals surface area contributed by atoms with Crippen LogP contribution >= 0.6 is 0 Å². The van der Waals surface area contributed by atoms with E-state index in [0.29, 0.717) is 0 Å². The van der Waals surface area contributed by atoms with Crippen LogP contribution in [0.2, 0.25) is 0 Å². The van der Waals surface area contributed by atoms with Crippen LogP contribution in [0.15, 0.2) is 0 Å². The zero-order valence-corrected chi connectivity index (χ0v) is 47.0. The Morgan fingerprint density at radius 2 is 0.0870 bits per heavy atom. The molecular formula is C92H6. The van der Waals surface area contributed by atoms with Crippen molar-refractivity contribution in [1.82, 2.24) is 0 Å². The fourth-order valence-electron chi connectivity index (χ4n) is 2.81. The van der Waals surface area contributed by atoms with Gasteiger partial charge in [0.15, 0.2) is 0 Å². The van der Waals surface area contributed by atoms with Crippen LogP contribution in [-0.4, -0.2) is 0 Å². The summed E-state index contributed by atoms with van der Waals surface area (Å²) in [5, 5.41) is 0. The summed E-state index contributed by atoms with van der Waals surface area (Å²) in [6.07, 6.45) is 0. The van der Waals surface area contributed by atoms with Gasteiger partial charge in [0.2, 0.25) is 0 Å². The highest BCUT2D eigenvalue weighted by Crippen LogP contribution is 1.66. The van der Waals surface area contributed by atoms with E-state index in [1.165, 1.54) is 0 Å². The molecule has 0 aliphatic carbocycles. The molecule has 0 spiro atoms. The third kappa shape index (κ3) is 70.2. The Kier molecular flexibility index (Phi) is 55.9. The van der Waals surface area contributed by atoms with E-state index in [1.54, 1.807) is 13.8 Å². The molecule has 0 unspecified atom stereocenters. The molecule has 0 aliphatic heterocycles. The van der Waals surface area contributed by atoms with Crippen molar-refractivity contribution >= 4 is 0 Å². The monoisotopic (exact) mass is 1110 g/mol. The Morgan fingerprint density at radius 1 is 0.0543 bits per heavy atom. The molecule has 0 heterocycles. The van der Waals surface area contributed by atoms with Gasteiger partial charge in [-0.25, -0.2) is 0 Å². The van der Waals surface area contributed by atoms with E-state index in [1.807, 2.05) is 0 Å². The van der Waals surface area contributed by atoms with Gasteiger partial charge in [0, 0.05) is 426 Å². The Bertz CT molecular complexity index is 5970. The average molecular weight is 1110 g/mol. The fraction of sp³-hybridized carbons (Fsp3) is 0.0217. The van der Waals surface area contributed by atoms with Gasteiger partial charge in [0.25, 0.3) is 0 Å². The Hall–Kier alpha value is -19.8. The SMILES string of the molecule is CC#CC#CC#CC#CC#CC#CC#CC#CC#CC#CC#CC#CC#CC#CC#CC#CC#CC#CC#CC#CC#CC#CC#CC#CC#CC#CC#CC#CC#CC#CC#CC#CC#CC#CC#CC#CC#CC#CC#CC#CC#CC#CC#CC#CC#CC. The predicted octanol–water partition coefficient (Wildman–Crippen LogP) is 1.18. The first-order valence-electron chi connectivity index (χ1n) is 23.2. The van der Waals surface area contributed by atoms with Gasteiger partial charge >= 0.3 is 0 Å². The van der Waals surface area contributed by atoms with Crippen LogP contribution < -0.4 is 0 Å². The lowest BCUT2D eigenvalue weighted by Gasteiger charge is -1.58. The summed E-state index contributed by atoms with van der Waals surface area (Å²) in [6, 6.07) is 0. The molecular weight excluding hydrogens is 1110 g/mol. The van der Waals surface area contributed by atoms with E-state index in [0.717, 1.165) is 0 Å². The number of hydrogen-bond acceptors (Lipinski definition) is 0. The second-order valence-electron chi connectivity index (χ2n) is 11.5. The molecule has 374 valence electrons. The quantitative estimate of drug-likeness (QED) is 0.321. The number of hydrogen-bond donors (Lipinski definition) is 0. The maximum atomic E-state index is 2.63. The van der Waals surface area contributed by atoms with Gasteiger partial charge in [0.1, 0.15) is 0 Å². The lowest BCUT2D eigenvalue weighted by atomic mass is 10.4. The van der Waals surface area contributed by atoms with Crippen LogP contribution in [0.5, 0.6) is 0 Å². The van der Waals surface area contributed by atoms with Gasteiger partial charge in [-0.3, -0.25) is 0 Å². The second-order valence-corrected chi connectivity index (χ2v) is 11.5. The molecule has 0 N–H and O–H groups in total. The molecule has 92 heavy (non-hydrogen) atoms. The summed E-state index contributed by atoms with van der Waals surface area (Å²) in [6.45, 7) is 3.37. The topological polar surface area (TPSA) is 0 Å². The largest absolute Gasteiger partial charge is 0.0925 e. The molecule has 0 aliphatic rings.